The first-order valence-corrected chi connectivity index (χ1v) is 13.1. The number of methoxy groups -OCH3 is 1. The summed E-state index contributed by atoms with van der Waals surface area (Å²) in [5, 5.41) is 13.7. The van der Waals surface area contributed by atoms with Gasteiger partial charge in [-0.15, -0.1) is 0 Å². The highest BCUT2D eigenvalue weighted by Crippen LogP contribution is 2.28. The number of aromatic nitrogens is 2. The number of carbonyl (C=O) groups excluding carboxylic acids is 2. The summed E-state index contributed by atoms with van der Waals surface area (Å²) in [6.07, 6.45) is 0. The molecule has 1 fully saturated rings. The lowest BCUT2D eigenvalue weighted by Crippen LogP contribution is -2.48. The summed E-state index contributed by atoms with van der Waals surface area (Å²) < 4.78 is 12.2. The van der Waals surface area contributed by atoms with E-state index in [9.17, 15) is 9.59 Å². The van der Waals surface area contributed by atoms with Crippen LogP contribution >= 0.6 is 0 Å². The number of esters is 1. The Labute approximate surface area is 232 Å². The van der Waals surface area contributed by atoms with Crippen molar-refractivity contribution in [1.82, 2.24) is 14.7 Å². The van der Waals surface area contributed by atoms with Gasteiger partial charge in [-0.1, -0.05) is 18.2 Å². The number of ether oxygens (including phenoxy) is 2. The fourth-order valence-electron chi connectivity index (χ4n) is 4.73. The van der Waals surface area contributed by atoms with Crippen molar-refractivity contribution >= 4 is 17.6 Å². The molecular weight excluding hydrogens is 506 g/mol. The molecule has 0 unspecified atom stereocenters. The Kier molecular flexibility index (Phi) is 7.78. The second-order valence-electron chi connectivity index (χ2n) is 9.26. The van der Waals surface area contributed by atoms with E-state index >= 15 is 0 Å². The highest BCUT2D eigenvalue weighted by molar-refractivity contribution is 5.94. The summed E-state index contributed by atoms with van der Waals surface area (Å²) in [5.41, 5.74) is 4.74. The molecule has 0 N–H and O–H groups in total. The summed E-state index contributed by atoms with van der Waals surface area (Å²) in [6, 6.07) is 26.2. The lowest BCUT2D eigenvalue weighted by molar-refractivity contribution is 0.0518. The number of hydrogen-bond acceptors (Lipinski definition) is 7. The molecule has 1 amide bonds. The van der Waals surface area contributed by atoms with E-state index in [1.54, 1.807) is 49.0 Å². The standard InChI is InChI=1S/C31H29N5O4/c1-3-40-31(38)28-20-29(36(33-28)26-11-13-27(39-2)14-12-26)23-7-9-25(10-8-23)34-15-17-35(18-16-34)30(37)24-6-4-5-22(19-24)21-32/h4-14,19-20H,3,15-18H2,1-2H3. The number of nitriles is 1. The molecule has 0 atom stereocenters. The van der Waals surface area contributed by atoms with Crippen LogP contribution in [0, 0.1) is 11.3 Å². The lowest BCUT2D eigenvalue weighted by atomic mass is 10.1. The number of benzene rings is 3. The minimum atomic E-state index is -0.473. The van der Waals surface area contributed by atoms with Gasteiger partial charge in [-0.2, -0.15) is 10.4 Å². The van der Waals surface area contributed by atoms with Gasteiger partial charge in [0.25, 0.3) is 5.91 Å². The Morgan fingerprint density at radius 3 is 2.27 bits per heavy atom. The molecule has 2 heterocycles. The first kappa shape index (κ1) is 26.5. The molecule has 40 heavy (non-hydrogen) atoms. The monoisotopic (exact) mass is 535 g/mol. The molecule has 4 aromatic rings. The van der Waals surface area contributed by atoms with E-state index in [1.165, 1.54) is 0 Å². The third-order valence-corrected chi connectivity index (χ3v) is 6.84. The van der Waals surface area contributed by atoms with Gasteiger partial charge in [-0.3, -0.25) is 4.79 Å². The number of hydrogen-bond donors (Lipinski definition) is 0. The van der Waals surface area contributed by atoms with Gasteiger partial charge in [-0.05, 0) is 67.6 Å². The van der Waals surface area contributed by atoms with E-state index in [2.05, 4.69) is 16.1 Å². The third kappa shape index (κ3) is 5.52. The van der Waals surface area contributed by atoms with Gasteiger partial charge in [0.1, 0.15) is 5.75 Å². The van der Waals surface area contributed by atoms with Crippen molar-refractivity contribution in [1.29, 1.82) is 5.26 Å². The van der Waals surface area contributed by atoms with Crippen molar-refractivity contribution in [2.24, 2.45) is 0 Å². The predicted molar refractivity (Wildman–Crippen MR) is 151 cm³/mol. The summed E-state index contributed by atoms with van der Waals surface area (Å²) in [6.45, 7) is 4.60. The molecule has 0 bridgehead atoms. The Morgan fingerprint density at radius 1 is 0.925 bits per heavy atom. The molecule has 1 aromatic heterocycles. The maximum atomic E-state index is 12.9. The normalized spacial score (nSPS) is 13.0. The second-order valence-corrected chi connectivity index (χ2v) is 9.26. The van der Waals surface area contributed by atoms with E-state index in [0.717, 1.165) is 28.4 Å². The smallest absolute Gasteiger partial charge is 0.358 e. The first-order chi connectivity index (χ1) is 19.5. The first-order valence-electron chi connectivity index (χ1n) is 13.1. The Morgan fingerprint density at radius 2 is 1.62 bits per heavy atom. The molecule has 0 radical (unpaired) electrons. The Hall–Kier alpha value is -5.10. The number of amides is 1. The summed E-state index contributed by atoms with van der Waals surface area (Å²) in [7, 11) is 1.61. The molecule has 5 rings (SSSR count). The average Bonchev–Trinajstić information content (AvgIpc) is 3.47. The minimum absolute atomic E-state index is 0.0590. The molecule has 202 valence electrons. The zero-order valence-electron chi connectivity index (χ0n) is 22.4. The van der Waals surface area contributed by atoms with Crippen LogP contribution in [0.5, 0.6) is 5.75 Å². The van der Waals surface area contributed by atoms with Crippen LogP contribution in [0.2, 0.25) is 0 Å². The minimum Gasteiger partial charge on any atom is -0.497 e. The molecule has 0 saturated carbocycles. The van der Waals surface area contributed by atoms with Gasteiger partial charge >= 0.3 is 5.97 Å². The lowest BCUT2D eigenvalue weighted by Gasteiger charge is -2.36. The van der Waals surface area contributed by atoms with Gasteiger partial charge in [0.15, 0.2) is 5.69 Å². The van der Waals surface area contributed by atoms with Gasteiger partial charge in [0.05, 0.1) is 36.7 Å². The molecule has 1 saturated heterocycles. The molecular formula is C31H29N5O4. The molecule has 9 heteroatoms. The van der Waals surface area contributed by atoms with Crippen molar-refractivity contribution < 1.29 is 19.1 Å². The SMILES string of the molecule is CCOC(=O)c1cc(-c2ccc(N3CCN(C(=O)c4cccc(C#N)c4)CC3)cc2)n(-c2ccc(OC)cc2)n1. The van der Waals surface area contributed by atoms with Gasteiger partial charge < -0.3 is 19.3 Å². The van der Waals surface area contributed by atoms with E-state index in [-0.39, 0.29) is 18.2 Å². The van der Waals surface area contributed by atoms with E-state index < -0.39 is 5.97 Å². The molecule has 3 aromatic carbocycles. The molecule has 9 nitrogen and oxygen atoms in total. The van der Waals surface area contributed by atoms with Crippen molar-refractivity contribution in [3.05, 3.63) is 95.7 Å². The molecule has 1 aliphatic rings. The largest absolute Gasteiger partial charge is 0.497 e. The quantitative estimate of drug-likeness (QED) is 0.320. The maximum absolute atomic E-state index is 12.9. The zero-order chi connectivity index (χ0) is 28.1. The van der Waals surface area contributed by atoms with Crippen molar-refractivity contribution in [3.63, 3.8) is 0 Å². The highest BCUT2D eigenvalue weighted by atomic mass is 16.5. The van der Waals surface area contributed by atoms with Crippen LogP contribution in [0.25, 0.3) is 16.9 Å². The van der Waals surface area contributed by atoms with Gasteiger partial charge in [-0.25, -0.2) is 9.48 Å². The summed E-state index contributed by atoms with van der Waals surface area (Å²) in [5.74, 6) is 0.195. The fraction of sp³-hybridized carbons (Fsp3) is 0.226. The summed E-state index contributed by atoms with van der Waals surface area (Å²) in [4.78, 5) is 29.5. The van der Waals surface area contributed by atoms with Crippen molar-refractivity contribution in [3.8, 4) is 28.8 Å². The van der Waals surface area contributed by atoms with Crippen molar-refractivity contribution in [2.45, 2.75) is 6.92 Å². The van der Waals surface area contributed by atoms with E-state index in [4.69, 9.17) is 14.7 Å². The van der Waals surface area contributed by atoms with Crippen LogP contribution in [-0.4, -0.2) is 66.5 Å². The molecule has 1 aliphatic heterocycles. The Bertz CT molecular complexity index is 1550. The van der Waals surface area contributed by atoms with Crippen LogP contribution in [-0.2, 0) is 4.74 Å². The van der Waals surface area contributed by atoms with Crippen LogP contribution in [0.3, 0.4) is 0 Å². The topological polar surface area (TPSA) is 101 Å². The van der Waals surface area contributed by atoms with Gasteiger partial charge in [0, 0.05) is 43.0 Å². The molecule has 0 aliphatic carbocycles. The molecule has 0 spiro atoms. The van der Waals surface area contributed by atoms with E-state index in [0.29, 0.717) is 37.3 Å². The summed E-state index contributed by atoms with van der Waals surface area (Å²) >= 11 is 0. The predicted octanol–water partition coefficient (Wildman–Crippen LogP) is 4.56. The highest BCUT2D eigenvalue weighted by Gasteiger charge is 2.23. The number of nitrogens with zero attached hydrogens (tertiary/aromatic N) is 5. The third-order valence-electron chi connectivity index (χ3n) is 6.84. The average molecular weight is 536 g/mol. The number of piperazine rings is 1. The van der Waals surface area contributed by atoms with Crippen LogP contribution in [0.1, 0.15) is 33.3 Å². The van der Waals surface area contributed by atoms with Crippen LogP contribution < -0.4 is 9.64 Å². The van der Waals surface area contributed by atoms with Crippen LogP contribution in [0.15, 0.2) is 78.9 Å². The van der Waals surface area contributed by atoms with Crippen molar-refractivity contribution in [2.75, 3.05) is 44.8 Å². The van der Waals surface area contributed by atoms with Gasteiger partial charge in [0.2, 0.25) is 0 Å². The van der Waals surface area contributed by atoms with Crippen LogP contribution in [0.4, 0.5) is 5.69 Å². The number of anilines is 1. The number of rotatable bonds is 7. The number of carbonyl (C=O) groups is 2. The second kappa shape index (κ2) is 11.7. The zero-order valence-corrected chi connectivity index (χ0v) is 22.4. The maximum Gasteiger partial charge on any atom is 0.358 e. The fourth-order valence-corrected chi connectivity index (χ4v) is 4.73. The Balaban J connectivity index is 1.33. The van der Waals surface area contributed by atoms with E-state index in [1.807, 2.05) is 53.4 Å².